The maximum absolute atomic E-state index is 14.9. The van der Waals surface area contributed by atoms with E-state index in [-0.39, 0.29) is 17.9 Å². The molecule has 1 aromatic heterocycles. The molecule has 2 atom stereocenters. The van der Waals surface area contributed by atoms with Crippen LogP contribution in [-0.2, 0) is 16.1 Å². The van der Waals surface area contributed by atoms with Crippen LogP contribution >= 0.6 is 0 Å². The first kappa shape index (κ1) is 22.8. The molecule has 3 aromatic rings. The van der Waals surface area contributed by atoms with Crippen molar-refractivity contribution in [1.29, 1.82) is 0 Å². The number of halogens is 3. The van der Waals surface area contributed by atoms with Crippen molar-refractivity contribution in [2.75, 3.05) is 4.90 Å². The summed E-state index contributed by atoms with van der Waals surface area (Å²) in [5, 5.41) is 2.87. The Bertz CT molecular complexity index is 1360. The number of hydrogen-bond donors (Lipinski definition) is 1. The van der Waals surface area contributed by atoms with Gasteiger partial charge in [-0.25, -0.2) is 13.2 Å². The van der Waals surface area contributed by atoms with Crippen LogP contribution in [0.4, 0.5) is 18.9 Å². The van der Waals surface area contributed by atoms with Crippen molar-refractivity contribution in [1.82, 2.24) is 10.3 Å². The molecule has 5 nitrogen and oxygen atoms in total. The Labute approximate surface area is 200 Å². The number of carbonyl (C=O) groups excluding carboxylic acids is 2. The number of ketones is 1. The van der Waals surface area contributed by atoms with Crippen LogP contribution in [0.1, 0.15) is 42.5 Å². The summed E-state index contributed by atoms with van der Waals surface area (Å²) in [6.07, 6.45) is 4.14. The molecule has 1 amide bonds. The molecule has 0 bridgehead atoms. The minimum Gasteiger partial charge on any atom is -0.344 e. The van der Waals surface area contributed by atoms with Gasteiger partial charge in [-0.1, -0.05) is 18.2 Å². The summed E-state index contributed by atoms with van der Waals surface area (Å²) in [4.78, 5) is 32.0. The van der Waals surface area contributed by atoms with Gasteiger partial charge in [0.15, 0.2) is 11.6 Å². The van der Waals surface area contributed by atoms with Gasteiger partial charge in [0.25, 0.3) is 5.91 Å². The van der Waals surface area contributed by atoms with Crippen LogP contribution < -0.4 is 10.2 Å². The molecule has 5 rings (SSSR count). The van der Waals surface area contributed by atoms with Gasteiger partial charge in [-0.3, -0.25) is 14.6 Å². The highest BCUT2D eigenvalue weighted by Gasteiger charge is 2.39. The number of anilines is 1. The molecule has 1 aliphatic heterocycles. The first-order valence-electron chi connectivity index (χ1n) is 11.3. The van der Waals surface area contributed by atoms with E-state index in [1.807, 2.05) is 6.07 Å². The second-order valence-corrected chi connectivity index (χ2v) is 8.76. The van der Waals surface area contributed by atoms with E-state index >= 15 is 0 Å². The van der Waals surface area contributed by atoms with Crippen LogP contribution in [0.3, 0.4) is 0 Å². The lowest BCUT2D eigenvalue weighted by molar-refractivity contribution is -0.131. The number of nitrogens with one attached hydrogen (secondary N) is 1. The Balaban J connectivity index is 1.57. The number of nitrogens with zero attached hydrogens (tertiary/aromatic N) is 2. The third-order valence-electron chi connectivity index (χ3n) is 6.76. The highest BCUT2D eigenvalue weighted by Crippen LogP contribution is 2.39. The van der Waals surface area contributed by atoms with Crippen molar-refractivity contribution in [2.24, 2.45) is 5.92 Å². The maximum atomic E-state index is 14.9. The molecule has 1 unspecified atom stereocenters. The van der Waals surface area contributed by atoms with Crippen LogP contribution in [0.25, 0.3) is 5.57 Å². The molecule has 1 saturated carbocycles. The van der Waals surface area contributed by atoms with Gasteiger partial charge in [-0.05, 0) is 54.8 Å². The fourth-order valence-corrected chi connectivity index (χ4v) is 4.76. The normalized spacial score (nSPS) is 18.1. The van der Waals surface area contributed by atoms with E-state index in [4.69, 9.17) is 0 Å². The summed E-state index contributed by atoms with van der Waals surface area (Å²) in [6.45, 7) is 1.97. The summed E-state index contributed by atoms with van der Waals surface area (Å²) < 4.78 is 42.4. The summed E-state index contributed by atoms with van der Waals surface area (Å²) >= 11 is 0. The van der Waals surface area contributed by atoms with Gasteiger partial charge in [0, 0.05) is 29.8 Å². The van der Waals surface area contributed by atoms with Crippen LogP contribution in [0.15, 0.2) is 66.6 Å². The number of amides is 1. The van der Waals surface area contributed by atoms with Crippen LogP contribution in [-0.4, -0.2) is 16.7 Å². The lowest BCUT2D eigenvalue weighted by atomic mass is 9.75. The minimum absolute atomic E-state index is 0.0576. The van der Waals surface area contributed by atoms with Crippen molar-refractivity contribution in [3.63, 3.8) is 0 Å². The van der Waals surface area contributed by atoms with Gasteiger partial charge in [0.2, 0.25) is 0 Å². The third-order valence-corrected chi connectivity index (χ3v) is 6.76. The van der Waals surface area contributed by atoms with Gasteiger partial charge in [0.05, 0.1) is 30.0 Å². The van der Waals surface area contributed by atoms with E-state index in [0.717, 1.165) is 12.1 Å². The van der Waals surface area contributed by atoms with E-state index in [2.05, 4.69) is 10.3 Å². The maximum Gasteiger partial charge on any atom is 0.254 e. The first-order chi connectivity index (χ1) is 16.8. The van der Waals surface area contributed by atoms with Crippen molar-refractivity contribution < 1.29 is 22.8 Å². The zero-order valence-corrected chi connectivity index (χ0v) is 18.9. The Morgan fingerprint density at radius 1 is 1.09 bits per heavy atom. The topological polar surface area (TPSA) is 62.3 Å². The Morgan fingerprint density at radius 3 is 2.57 bits per heavy atom. The summed E-state index contributed by atoms with van der Waals surface area (Å²) in [7, 11) is 0. The molecule has 35 heavy (non-hydrogen) atoms. The SMILES string of the molecule is CC1=C(C(=O)N[C@H](c2ccc(F)c(F)c2)C2CCC2=O)c2cccc(F)c2CN1c1cccnc1. The number of fused-ring (bicyclic) bond motifs is 1. The van der Waals surface area contributed by atoms with Crippen molar-refractivity contribution >= 4 is 23.0 Å². The number of carbonyl (C=O) groups is 2. The predicted octanol–water partition coefficient (Wildman–Crippen LogP) is 5.09. The molecule has 2 aliphatic rings. The monoisotopic (exact) mass is 477 g/mol. The molecule has 178 valence electrons. The zero-order valence-electron chi connectivity index (χ0n) is 18.9. The lowest BCUT2D eigenvalue weighted by Gasteiger charge is -2.36. The van der Waals surface area contributed by atoms with Crippen molar-refractivity contribution in [2.45, 2.75) is 32.4 Å². The van der Waals surface area contributed by atoms with E-state index in [1.165, 1.54) is 18.2 Å². The summed E-state index contributed by atoms with van der Waals surface area (Å²) in [5.41, 5.74) is 2.62. The van der Waals surface area contributed by atoms with E-state index in [1.54, 1.807) is 36.4 Å². The predicted molar refractivity (Wildman–Crippen MR) is 124 cm³/mol. The standard InChI is InChI=1S/C27H22F3N3O2/c1-15-25(18-5-2-6-21(28)20(18)14-33(15)17-4-3-11-31-13-17)27(35)32-26(19-8-10-24(19)34)16-7-9-22(29)23(30)12-16/h2-7,9,11-13,19,26H,8,10,14H2,1H3,(H,32,35)/t19?,26-/m1/s1. The van der Waals surface area contributed by atoms with Crippen LogP contribution in [0.5, 0.6) is 0 Å². The number of pyridine rings is 1. The fraction of sp³-hybridized carbons (Fsp3) is 0.222. The lowest BCUT2D eigenvalue weighted by Crippen LogP contribution is -2.42. The van der Waals surface area contributed by atoms with Crippen LogP contribution in [0.2, 0.25) is 0 Å². The highest BCUT2D eigenvalue weighted by atomic mass is 19.2. The molecule has 0 saturated heterocycles. The number of benzene rings is 2. The quantitative estimate of drug-likeness (QED) is 0.556. The molecule has 0 radical (unpaired) electrons. The molecule has 8 heteroatoms. The summed E-state index contributed by atoms with van der Waals surface area (Å²) in [6, 6.07) is 10.6. The van der Waals surface area contributed by atoms with Gasteiger partial charge in [0.1, 0.15) is 11.6 Å². The number of rotatable bonds is 5. The van der Waals surface area contributed by atoms with Gasteiger partial charge in [-0.2, -0.15) is 0 Å². The zero-order chi connectivity index (χ0) is 24.7. The van der Waals surface area contributed by atoms with Gasteiger partial charge < -0.3 is 10.2 Å². The average Bonchev–Trinajstić information content (AvgIpc) is 2.84. The molecule has 0 spiro atoms. The van der Waals surface area contributed by atoms with Gasteiger partial charge in [-0.15, -0.1) is 0 Å². The van der Waals surface area contributed by atoms with E-state index in [0.29, 0.717) is 40.9 Å². The number of hydrogen-bond acceptors (Lipinski definition) is 4. The number of Topliss-reactive ketones (excluding diaryl/α,β-unsaturated/α-hetero) is 1. The van der Waals surface area contributed by atoms with Crippen LogP contribution in [0, 0.1) is 23.4 Å². The Hall–Kier alpha value is -3.94. The second kappa shape index (κ2) is 9.02. The van der Waals surface area contributed by atoms with Crippen molar-refractivity contribution in [3.05, 3.63) is 101 Å². The third kappa shape index (κ3) is 4.09. The second-order valence-electron chi connectivity index (χ2n) is 8.76. The molecular weight excluding hydrogens is 455 g/mol. The molecule has 1 fully saturated rings. The van der Waals surface area contributed by atoms with Crippen molar-refractivity contribution in [3.8, 4) is 0 Å². The van der Waals surface area contributed by atoms with E-state index < -0.39 is 35.3 Å². The number of allylic oxidation sites excluding steroid dienone is 1. The Kier molecular flexibility index (Phi) is 5.88. The average molecular weight is 477 g/mol. The van der Waals surface area contributed by atoms with E-state index in [9.17, 15) is 22.8 Å². The molecular formula is C27H22F3N3O2. The molecule has 1 N–H and O–H groups in total. The largest absolute Gasteiger partial charge is 0.344 e. The fourth-order valence-electron chi connectivity index (χ4n) is 4.76. The minimum atomic E-state index is -1.06. The smallest absolute Gasteiger partial charge is 0.254 e. The number of aromatic nitrogens is 1. The highest BCUT2D eigenvalue weighted by molar-refractivity contribution is 6.22. The molecule has 1 aliphatic carbocycles. The molecule has 2 aromatic carbocycles. The Morgan fingerprint density at radius 2 is 1.91 bits per heavy atom. The molecule has 2 heterocycles. The first-order valence-corrected chi connectivity index (χ1v) is 11.3. The summed E-state index contributed by atoms with van der Waals surface area (Å²) in [5.74, 6) is -3.65. The van der Waals surface area contributed by atoms with Gasteiger partial charge >= 0.3 is 0 Å².